The van der Waals surface area contributed by atoms with Crippen LogP contribution in [0.25, 0.3) is 0 Å². The second-order valence-corrected chi connectivity index (χ2v) is 9.34. The highest BCUT2D eigenvalue weighted by atomic mass is 19.1. The summed E-state index contributed by atoms with van der Waals surface area (Å²) in [4.78, 5) is 25.4. The highest BCUT2D eigenvalue weighted by molar-refractivity contribution is 5.98. The smallest absolute Gasteiger partial charge is 0.230 e. The molecular formula is C24H34FN3O2. The number of carbonyl (C=O) groups is 2. The predicted molar refractivity (Wildman–Crippen MR) is 116 cm³/mol. The molecule has 0 aromatic heterocycles. The summed E-state index contributed by atoms with van der Waals surface area (Å²) in [6.45, 7) is 4.17. The zero-order valence-electron chi connectivity index (χ0n) is 17.8. The Morgan fingerprint density at radius 1 is 0.967 bits per heavy atom. The van der Waals surface area contributed by atoms with Crippen LogP contribution in [0.1, 0.15) is 56.9 Å². The molecule has 3 fully saturated rings. The van der Waals surface area contributed by atoms with Crippen molar-refractivity contribution in [2.24, 2.45) is 17.8 Å². The second-order valence-electron chi connectivity index (χ2n) is 9.34. The summed E-state index contributed by atoms with van der Waals surface area (Å²) >= 11 is 0. The zero-order valence-corrected chi connectivity index (χ0v) is 17.8. The summed E-state index contributed by atoms with van der Waals surface area (Å²) in [5.41, 5.74) is 1.50. The van der Waals surface area contributed by atoms with Gasteiger partial charge in [0.15, 0.2) is 0 Å². The Morgan fingerprint density at radius 2 is 1.67 bits per heavy atom. The fourth-order valence-corrected chi connectivity index (χ4v) is 5.26. The number of benzene rings is 1. The van der Waals surface area contributed by atoms with Gasteiger partial charge in [0.2, 0.25) is 11.8 Å². The lowest BCUT2D eigenvalue weighted by Crippen LogP contribution is -2.41. The molecule has 3 aliphatic heterocycles. The third kappa shape index (κ3) is 5.39. The van der Waals surface area contributed by atoms with Gasteiger partial charge in [0.05, 0.1) is 5.69 Å². The number of carbonyl (C=O) groups excluding carboxylic acids is 2. The Morgan fingerprint density at radius 3 is 2.33 bits per heavy atom. The number of imide groups is 1. The minimum Gasteiger partial charge on any atom is -0.369 e. The quantitative estimate of drug-likeness (QED) is 0.699. The van der Waals surface area contributed by atoms with Crippen LogP contribution in [0.2, 0.25) is 0 Å². The van der Waals surface area contributed by atoms with Gasteiger partial charge in [-0.2, -0.15) is 0 Å². The molecule has 6 heteroatoms. The van der Waals surface area contributed by atoms with Crippen molar-refractivity contribution in [2.45, 2.75) is 57.8 Å². The van der Waals surface area contributed by atoms with Gasteiger partial charge < -0.3 is 10.2 Å². The number of halogens is 1. The van der Waals surface area contributed by atoms with E-state index < -0.39 is 0 Å². The van der Waals surface area contributed by atoms with Crippen LogP contribution in [0.15, 0.2) is 18.2 Å². The normalized spacial score (nSPS) is 24.2. The van der Waals surface area contributed by atoms with Crippen LogP contribution in [-0.4, -0.2) is 38.0 Å². The van der Waals surface area contributed by atoms with Crippen molar-refractivity contribution < 1.29 is 14.0 Å². The Bertz CT molecular complexity index is 755. The SMILES string of the molecule is O=C1CCC(Cc2ccc(N3CCC(CCC4CCNCC4)CC3)c(F)c2)C(=O)N1. The van der Waals surface area contributed by atoms with E-state index in [4.69, 9.17) is 0 Å². The van der Waals surface area contributed by atoms with Gasteiger partial charge in [-0.25, -0.2) is 4.39 Å². The topological polar surface area (TPSA) is 61.4 Å². The molecule has 2 amide bonds. The molecule has 1 aromatic carbocycles. The van der Waals surface area contributed by atoms with Crippen molar-refractivity contribution in [3.8, 4) is 0 Å². The van der Waals surface area contributed by atoms with E-state index in [0.717, 1.165) is 43.3 Å². The highest BCUT2D eigenvalue weighted by Gasteiger charge is 2.27. The molecule has 164 valence electrons. The number of amides is 2. The average molecular weight is 416 g/mol. The fraction of sp³-hybridized carbons (Fsp3) is 0.667. The molecule has 4 rings (SSSR count). The molecular weight excluding hydrogens is 381 g/mol. The lowest BCUT2D eigenvalue weighted by atomic mass is 9.85. The van der Waals surface area contributed by atoms with Crippen LogP contribution in [0, 0.1) is 23.6 Å². The molecule has 2 N–H and O–H groups in total. The summed E-state index contributed by atoms with van der Waals surface area (Å²) in [6.07, 6.45) is 8.95. The van der Waals surface area contributed by atoms with Crippen LogP contribution in [0.3, 0.4) is 0 Å². The van der Waals surface area contributed by atoms with E-state index >= 15 is 0 Å². The Hall–Kier alpha value is -1.95. The maximum absolute atomic E-state index is 14.8. The highest BCUT2D eigenvalue weighted by Crippen LogP contribution is 2.31. The van der Waals surface area contributed by atoms with E-state index in [0.29, 0.717) is 24.9 Å². The van der Waals surface area contributed by atoms with Gasteiger partial charge in [-0.3, -0.25) is 14.9 Å². The van der Waals surface area contributed by atoms with Crippen molar-refractivity contribution in [1.82, 2.24) is 10.6 Å². The first-order valence-corrected chi connectivity index (χ1v) is 11.7. The Labute approximate surface area is 178 Å². The number of hydrogen-bond donors (Lipinski definition) is 2. The second kappa shape index (κ2) is 9.90. The third-order valence-corrected chi connectivity index (χ3v) is 7.24. The third-order valence-electron chi connectivity index (χ3n) is 7.24. The molecule has 1 unspecified atom stereocenters. The summed E-state index contributed by atoms with van der Waals surface area (Å²) in [6, 6.07) is 5.37. The Balaban J connectivity index is 1.26. The molecule has 30 heavy (non-hydrogen) atoms. The van der Waals surface area contributed by atoms with Gasteiger partial charge in [-0.05, 0) is 81.1 Å². The fourth-order valence-electron chi connectivity index (χ4n) is 5.26. The molecule has 1 aromatic rings. The number of piperidine rings is 3. The van der Waals surface area contributed by atoms with Gasteiger partial charge in [-0.15, -0.1) is 0 Å². The number of hydrogen-bond acceptors (Lipinski definition) is 4. The van der Waals surface area contributed by atoms with Crippen molar-refractivity contribution >= 4 is 17.5 Å². The standard InChI is InChI=1S/C24H34FN3O2/c25-21-16-19(15-20-4-6-23(29)27-24(20)30)3-5-22(21)28-13-9-18(10-14-28)2-1-17-7-11-26-12-8-17/h3,5,16-18,20,26H,1-2,4,6-15H2,(H,27,29,30). The summed E-state index contributed by atoms with van der Waals surface area (Å²) in [5.74, 6) is 0.764. The molecule has 0 radical (unpaired) electrons. The molecule has 0 spiro atoms. The number of anilines is 1. The monoisotopic (exact) mass is 415 g/mol. The minimum atomic E-state index is -0.247. The molecule has 5 nitrogen and oxygen atoms in total. The maximum atomic E-state index is 14.8. The maximum Gasteiger partial charge on any atom is 0.230 e. The van der Waals surface area contributed by atoms with Crippen LogP contribution < -0.4 is 15.5 Å². The first kappa shape index (κ1) is 21.3. The lowest BCUT2D eigenvalue weighted by Gasteiger charge is -2.35. The van der Waals surface area contributed by atoms with Gasteiger partial charge in [0, 0.05) is 25.4 Å². The van der Waals surface area contributed by atoms with E-state index in [-0.39, 0.29) is 23.5 Å². The van der Waals surface area contributed by atoms with E-state index in [1.54, 1.807) is 6.07 Å². The first-order valence-electron chi connectivity index (χ1n) is 11.7. The average Bonchev–Trinajstić information content (AvgIpc) is 2.76. The molecule has 0 bridgehead atoms. The van der Waals surface area contributed by atoms with Crippen LogP contribution in [0.4, 0.5) is 10.1 Å². The van der Waals surface area contributed by atoms with Gasteiger partial charge in [0.25, 0.3) is 0 Å². The van der Waals surface area contributed by atoms with Crippen molar-refractivity contribution in [2.75, 3.05) is 31.1 Å². The molecule has 3 heterocycles. The number of rotatable bonds is 6. The first-order chi connectivity index (χ1) is 14.6. The number of nitrogens with zero attached hydrogens (tertiary/aromatic N) is 1. The molecule has 0 saturated carbocycles. The van der Waals surface area contributed by atoms with E-state index in [9.17, 15) is 14.0 Å². The molecule has 3 aliphatic rings. The van der Waals surface area contributed by atoms with Crippen molar-refractivity contribution in [3.05, 3.63) is 29.6 Å². The minimum absolute atomic E-state index is 0.201. The summed E-state index contributed by atoms with van der Waals surface area (Å²) in [5, 5.41) is 5.82. The van der Waals surface area contributed by atoms with E-state index in [1.165, 1.54) is 38.8 Å². The van der Waals surface area contributed by atoms with E-state index in [1.807, 2.05) is 12.1 Å². The van der Waals surface area contributed by atoms with Crippen LogP contribution in [-0.2, 0) is 16.0 Å². The molecule has 0 aliphatic carbocycles. The molecule has 3 saturated heterocycles. The van der Waals surface area contributed by atoms with Gasteiger partial charge >= 0.3 is 0 Å². The zero-order chi connectivity index (χ0) is 20.9. The lowest BCUT2D eigenvalue weighted by molar-refractivity contribution is -0.136. The van der Waals surface area contributed by atoms with Crippen molar-refractivity contribution in [1.29, 1.82) is 0 Å². The summed E-state index contributed by atoms with van der Waals surface area (Å²) < 4.78 is 14.8. The summed E-state index contributed by atoms with van der Waals surface area (Å²) in [7, 11) is 0. The van der Waals surface area contributed by atoms with Gasteiger partial charge in [-0.1, -0.05) is 18.9 Å². The largest absolute Gasteiger partial charge is 0.369 e. The van der Waals surface area contributed by atoms with Crippen molar-refractivity contribution in [3.63, 3.8) is 0 Å². The van der Waals surface area contributed by atoms with Crippen LogP contribution >= 0.6 is 0 Å². The number of nitrogens with one attached hydrogen (secondary N) is 2. The van der Waals surface area contributed by atoms with Gasteiger partial charge in [0.1, 0.15) is 5.82 Å². The van der Waals surface area contributed by atoms with Crippen LogP contribution in [0.5, 0.6) is 0 Å². The molecule has 1 atom stereocenters. The Kier molecular flexibility index (Phi) is 7.03. The van der Waals surface area contributed by atoms with E-state index in [2.05, 4.69) is 15.5 Å². The predicted octanol–water partition coefficient (Wildman–Crippen LogP) is 3.42.